The molecule has 21 heavy (non-hydrogen) atoms. The van der Waals surface area contributed by atoms with Crippen molar-refractivity contribution in [2.24, 2.45) is 0 Å². The predicted molar refractivity (Wildman–Crippen MR) is 88.2 cm³/mol. The van der Waals surface area contributed by atoms with Crippen molar-refractivity contribution in [1.29, 1.82) is 0 Å². The fourth-order valence-corrected chi connectivity index (χ4v) is 3.74. The van der Waals surface area contributed by atoms with Gasteiger partial charge in [0.25, 0.3) is 0 Å². The summed E-state index contributed by atoms with van der Waals surface area (Å²) in [6.07, 6.45) is 0. The molecule has 1 aliphatic rings. The molecule has 112 valence electrons. The molecule has 1 fully saturated rings. The van der Waals surface area contributed by atoms with Crippen LogP contribution in [0.4, 0.5) is 0 Å². The molecule has 0 amide bonds. The third kappa shape index (κ3) is 3.46. The molecule has 0 bridgehead atoms. The Balaban J connectivity index is 1.87. The second-order valence-corrected chi connectivity index (χ2v) is 6.19. The maximum Gasteiger partial charge on any atom is 0.119 e. The lowest BCUT2D eigenvalue weighted by molar-refractivity contribution is 0.200. The number of hydrogen-bond acceptors (Lipinski definition) is 4. The highest BCUT2D eigenvalue weighted by molar-refractivity contribution is 7.10. The molecule has 4 heteroatoms. The number of benzene rings is 1. The topological polar surface area (TPSA) is 24.5 Å². The molecule has 0 unspecified atom stereocenters. The van der Waals surface area contributed by atoms with Gasteiger partial charge in [-0.05, 0) is 36.1 Å². The number of thiophene rings is 1. The van der Waals surface area contributed by atoms with Crippen LogP contribution in [0.5, 0.6) is 5.75 Å². The summed E-state index contributed by atoms with van der Waals surface area (Å²) in [5, 5.41) is 5.60. The molecular weight excluding hydrogens is 280 g/mol. The maximum atomic E-state index is 5.56. The average molecular weight is 302 g/mol. The van der Waals surface area contributed by atoms with Crippen LogP contribution < -0.4 is 10.1 Å². The zero-order valence-corrected chi connectivity index (χ0v) is 13.2. The minimum atomic E-state index is 0.364. The minimum absolute atomic E-state index is 0.364. The van der Waals surface area contributed by atoms with Crippen LogP contribution in [-0.2, 0) is 0 Å². The van der Waals surface area contributed by atoms with E-state index in [0.717, 1.165) is 31.9 Å². The zero-order chi connectivity index (χ0) is 14.5. The van der Waals surface area contributed by atoms with Crippen molar-refractivity contribution < 1.29 is 4.74 Å². The number of nitrogens with zero attached hydrogens (tertiary/aromatic N) is 1. The molecule has 0 saturated carbocycles. The summed E-state index contributed by atoms with van der Waals surface area (Å²) in [5.74, 6) is 0.950. The fraction of sp³-hybridized carbons (Fsp3) is 0.412. The van der Waals surface area contributed by atoms with Crippen molar-refractivity contribution in [2.45, 2.75) is 13.0 Å². The number of nitrogens with one attached hydrogen (secondary N) is 1. The molecule has 1 aromatic heterocycles. The normalized spacial score (nSPS) is 17.6. The van der Waals surface area contributed by atoms with Crippen LogP contribution >= 0.6 is 11.3 Å². The van der Waals surface area contributed by atoms with Gasteiger partial charge < -0.3 is 10.1 Å². The minimum Gasteiger partial charge on any atom is -0.494 e. The van der Waals surface area contributed by atoms with E-state index >= 15 is 0 Å². The Morgan fingerprint density at radius 3 is 2.57 bits per heavy atom. The maximum absolute atomic E-state index is 5.56. The Morgan fingerprint density at radius 1 is 1.19 bits per heavy atom. The van der Waals surface area contributed by atoms with E-state index in [-0.39, 0.29) is 0 Å². The molecule has 1 saturated heterocycles. The van der Waals surface area contributed by atoms with Gasteiger partial charge in [0.05, 0.1) is 12.6 Å². The first-order chi connectivity index (χ1) is 10.4. The van der Waals surface area contributed by atoms with E-state index in [1.54, 1.807) is 0 Å². The second-order valence-electron chi connectivity index (χ2n) is 5.21. The molecule has 1 atom stereocenters. The Labute approximate surface area is 130 Å². The monoisotopic (exact) mass is 302 g/mol. The van der Waals surface area contributed by atoms with Crippen molar-refractivity contribution in [1.82, 2.24) is 10.2 Å². The standard InChI is InChI=1S/C17H22N2OS/c1-2-20-15-7-5-14(6-8-15)17(16-4-3-13-21-16)19-11-9-18-10-12-19/h3-8,13,17-18H,2,9-12H2,1H3/t17-/m1/s1. The molecule has 0 radical (unpaired) electrons. The van der Waals surface area contributed by atoms with Gasteiger partial charge in [-0.1, -0.05) is 18.2 Å². The van der Waals surface area contributed by atoms with E-state index in [2.05, 4.69) is 52.0 Å². The third-order valence-corrected chi connectivity index (χ3v) is 4.76. The molecule has 2 aromatic rings. The van der Waals surface area contributed by atoms with Crippen LogP contribution in [0.3, 0.4) is 0 Å². The lowest BCUT2D eigenvalue weighted by Gasteiger charge is -2.34. The van der Waals surface area contributed by atoms with Crippen LogP contribution in [0.1, 0.15) is 23.4 Å². The van der Waals surface area contributed by atoms with Gasteiger partial charge in [-0.3, -0.25) is 4.90 Å². The Hall–Kier alpha value is -1.36. The highest BCUT2D eigenvalue weighted by atomic mass is 32.1. The van der Waals surface area contributed by atoms with E-state index in [1.165, 1.54) is 10.4 Å². The van der Waals surface area contributed by atoms with Crippen LogP contribution in [0.2, 0.25) is 0 Å². The van der Waals surface area contributed by atoms with Gasteiger partial charge in [0.15, 0.2) is 0 Å². The highest BCUT2D eigenvalue weighted by Gasteiger charge is 2.24. The van der Waals surface area contributed by atoms with Gasteiger partial charge in [-0.25, -0.2) is 0 Å². The quantitative estimate of drug-likeness (QED) is 0.918. The van der Waals surface area contributed by atoms with Gasteiger partial charge in [0, 0.05) is 31.1 Å². The Morgan fingerprint density at radius 2 is 1.95 bits per heavy atom. The Bertz CT molecular complexity index is 532. The van der Waals surface area contributed by atoms with Crippen molar-refractivity contribution >= 4 is 11.3 Å². The molecule has 1 aromatic carbocycles. The Kier molecular flexibility index (Phi) is 4.91. The van der Waals surface area contributed by atoms with Crippen LogP contribution in [0.15, 0.2) is 41.8 Å². The van der Waals surface area contributed by atoms with Gasteiger partial charge >= 0.3 is 0 Å². The fourth-order valence-electron chi connectivity index (χ4n) is 2.86. The molecule has 3 nitrogen and oxygen atoms in total. The van der Waals surface area contributed by atoms with Gasteiger partial charge in [0.1, 0.15) is 5.75 Å². The van der Waals surface area contributed by atoms with Crippen LogP contribution in [-0.4, -0.2) is 37.7 Å². The van der Waals surface area contributed by atoms with Gasteiger partial charge in [0.2, 0.25) is 0 Å². The number of rotatable bonds is 5. The molecule has 0 aliphatic carbocycles. The lowest BCUT2D eigenvalue weighted by atomic mass is 10.0. The largest absolute Gasteiger partial charge is 0.494 e. The highest BCUT2D eigenvalue weighted by Crippen LogP contribution is 2.32. The van der Waals surface area contributed by atoms with E-state index in [4.69, 9.17) is 4.74 Å². The summed E-state index contributed by atoms with van der Waals surface area (Å²) < 4.78 is 5.56. The van der Waals surface area contributed by atoms with Crippen molar-refractivity contribution in [3.8, 4) is 5.75 Å². The molecule has 1 aliphatic heterocycles. The summed E-state index contributed by atoms with van der Waals surface area (Å²) in [5.41, 5.74) is 1.35. The van der Waals surface area contributed by atoms with E-state index < -0.39 is 0 Å². The van der Waals surface area contributed by atoms with E-state index in [0.29, 0.717) is 12.6 Å². The van der Waals surface area contributed by atoms with Gasteiger partial charge in [-0.15, -0.1) is 11.3 Å². The third-order valence-electron chi connectivity index (χ3n) is 3.84. The van der Waals surface area contributed by atoms with Crippen molar-refractivity contribution in [2.75, 3.05) is 32.8 Å². The van der Waals surface area contributed by atoms with Gasteiger partial charge in [-0.2, -0.15) is 0 Å². The summed E-state index contributed by atoms with van der Waals surface area (Å²) in [4.78, 5) is 3.99. The molecular formula is C17H22N2OS. The first-order valence-corrected chi connectivity index (χ1v) is 8.47. The van der Waals surface area contributed by atoms with E-state index in [1.807, 2.05) is 18.3 Å². The number of ether oxygens (including phenoxy) is 1. The molecule has 0 spiro atoms. The molecule has 3 rings (SSSR count). The first kappa shape index (κ1) is 14.6. The summed E-state index contributed by atoms with van der Waals surface area (Å²) in [6, 6.07) is 13.3. The summed E-state index contributed by atoms with van der Waals surface area (Å²) in [7, 11) is 0. The van der Waals surface area contributed by atoms with Crippen LogP contribution in [0, 0.1) is 0 Å². The zero-order valence-electron chi connectivity index (χ0n) is 12.4. The van der Waals surface area contributed by atoms with E-state index in [9.17, 15) is 0 Å². The first-order valence-electron chi connectivity index (χ1n) is 7.59. The van der Waals surface area contributed by atoms with Crippen molar-refractivity contribution in [3.05, 3.63) is 52.2 Å². The smallest absolute Gasteiger partial charge is 0.119 e. The SMILES string of the molecule is CCOc1ccc([C@H](c2cccs2)N2CCNCC2)cc1. The summed E-state index contributed by atoms with van der Waals surface area (Å²) in [6.45, 7) is 7.05. The number of hydrogen-bond donors (Lipinski definition) is 1. The number of piperazine rings is 1. The predicted octanol–water partition coefficient (Wildman–Crippen LogP) is 3.14. The average Bonchev–Trinajstić information content (AvgIpc) is 3.05. The van der Waals surface area contributed by atoms with Crippen molar-refractivity contribution in [3.63, 3.8) is 0 Å². The van der Waals surface area contributed by atoms with Crippen LogP contribution in [0.25, 0.3) is 0 Å². The molecule has 2 heterocycles. The second kappa shape index (κ2) is 7.07. The lowest BCUT2D eigenvalue weighted by Crippen LogP contribution is -2.45. The molecule has 1 N–H and O–H groups in total. The summed E-state index contributed by atoms with van der Waals surface area (Å²) >= 11 is 1.84.